The smallest absolute Gasteiger partial charge is 0.339 e. The first-order valence-electron chi connectivity index (χ1n) is 8.19. The van der Waals surface area contributed by atoms with Gasteiger partial charge in [-0.25, -0.2) is 9.78 Å². The topological polar surface area (TPSA) is 116 Å². The van der Waals surface area contributed by atoms with Gasteiger partial charge in [0.2, 0.25) is 0 Å². The van der Waals surface area contributed by atoms with Gasteiger partial charge in [0.15, 0.2) is 5.58 Å². The Morgan fingerprint density at radius 2 is 1.97 bits per heavy atom. The first kappa shape index (κ1) is 18.9. The molecule has 29 heavy (non-hydrogen) atoms. The minimum absolute atomic E-state index is 0.0144. The molecule has 0 saturated carbocycles. The number of nitrogens with zero attached hydrogens (tertiary/aromatic N) is 2. The Bertz CT molecular complexity index is 1300. The fourth-order valence-corrected chi connectivity index (χ4v) is 4.02. The van der Waals surface area contributed by atoms with Crippen LogP contribution in [0, 0.1) is 11.3 Å². The number of nitrogens with one attached hydrogen (secondary N) is 1. The third-order valence-corrected chi connectivity index (χ3v) is 5.54. The van der Waals surface area contributed by atoms with Gasteiger partial charge in [0.25, 0.3) is 5.89 Å². The Hall–Kier alpha value is -3.48. The number of halogens is 1. The van der Waals surface area contributed by atoms with Gasteiger partial charge in [0.05, 0.1) is 5.56 Å². The summed E-state index contributed by atoms with van der Waals surface area (Å²) in [7, 11) is 0. The Kier molecular flexibility index (Phi) is 4.88. The average Bonchev–Trinajstić information content (AvgIpc) is 3.32. The molecule has 2 heterocycles. The molecule has 142 valence electrons. The number of carboxylic acid groups (broad SMARTS) is 1. The molecule has 0 unspecified atom stereocenters. The van der Waals surface area contributed by atoms with Crippen LogP contribution < -0.4 is 5.32 Å². The number of fused-ring (bicyclic) bond motifs is 1. The van der Waals surface area contributed by atoms with Crippen LogP contribution in [0.4, 0.5) is 5.00 Å². The molecule has 2 aromatic carbocycles. The summed E-state index contributed by atoms with van der Waals surface area (Å²) in [4.78, 5) is 28.6. The van der Waals surface area contributed by atoms with E-state index in [1.165, 1.54) is 0 Å². The first-order chi connectivity index (χ1) is 14.0. The Labute approximate surface area is 176 Å². The van der Waals surface area contributed by atoms with Crippen molar-refractivity contribution < 1.29 is 19.1 Å². The van der Waals surface area contributed by atoms with Gasteiger partial charge in [-0.1, -0.05) is 34.1 Å². The molecule has 0 aliphatic heterocycles. The van der Waals surface area contributed by atoms with Crippen LogP contribution >= 0.6 is 27.3 Å². The zero-order valence-corrected chi connectivity index (χ0v) is 16.9. The maximum Gasteiger partial charge on any atom is 0.339 e. The van der Waals surface area contributed by atoms with E-state index in [0.717, 1.165) is 15.8 Å². The Balaban J connectivity index is 1.69. The lowest BCUT2D eigenvalue weighted by molar-refractivity contribution is 0.0699. The summed E-state index contributed by atoms with van der Waals surface area (Å²) in [5.74, 6) is -2.11. The number of nitriles is 1. The number of carbonyl (C=O) groups excluding carboxylic acids is 1. The number of hydrogen-bond acceptors (Lipinski definition) is 6. The van der Waals surface area contributed by atoms with Crippen LogP contribution in [0.5, 0.6) is 0 Å². The summed E-state index contributed by atoms with van der Waals surface area (Å²) in [6.07, 6.45) is 0. The summed E-state index contributed by atoms with van der Waals surface area (Å²) < 4.78 is 6.31. The third-order valence-electron chi connectivity index (χ3n) is 4.12. The number of aromatic carboxylic acids is 1. The van der Waals surface area contributed by atoms with E-state index in [1.807, 2.05) is 18.2 Å². The SMILES string of the molecule is N#Cc1cccc2nc(C(=O)Nc3scc(-c4ccc(Br)cc4)c3C(=O)O)oc12. The van der Waals surface area contributed by atoms with E-state index in [4.69, 9.17) is 9.68 Å². The maximum absolute atomic E-state index is 12.6. The van der Waals surface area contributed by atoms with Gasteiger partial charge in [0.1, 0.15) is 22.2 Å². The number of oxazole rings is 1. The lowest BCUT2D eigenvalue weighted by Crippen LogP contribution is -2.13. The molecular formula is C20H10BrN3O4S. The predicted octanol–water partition coefficient (Wildman–Crippen LogP) is 5.14. The zero-order valence-electron chi connectivity index (χ0n) is 14.5. The normalized spacial score (nSPS) is 10.6. The molecule has 0 aliphatic rings. The van der Waals surface area contributed by atoms with Gasteiger partial charge in [-0.3, -0.25) is 4.79 Å². The van der Waals surface area contributed by atoms with Crippen LogP contribution in [-0.2, 0) is 0 Å². The highest BCUT2D eigenvalue weighted by Crippen LogP contribution is 2.36. The molecule has 0 spiro atoms. The van der Waals surface area contributed by atoms with Crippen molar-refractivity contribution in [3.8, 4) is 17.2 Å². The van der Waals surface area contributed by atoms with Gasteiger partial charge < -0.3 is 14.8 Å². The van der Waals surface area contributed by atoms with E-state index in [2.05, 4.69) is 26.2 Å². The van der Waals surface area contributed by atoms with E-state index in [1.54, 1.807) is 35.7 Å². The molecule has 1 amide bonds. The standard InChI is InChI=1S/C20H10BrN3O4S/c21-12-6-4-10(5-7-12)13-9-29-19(15(13)20(26)27)24-17(25)18-23-14-3-1-2-11(8-22)16(14)28-18/h1-7,9H,(H,24,25)(H,26,27). The highest BCUT2D eigenvalue weighted by atomic mass is 79.9. The van der Waals surface area contributed by atoms with Crippen molar-refractivity contribution in [2.24, 2.45) is 0 Å². The lowest BCUT2D eigenvalue weighted by atomic mass is 10.0. The Morgan fingerprint density at radius 1 is 1.21 bits per heavy atom. The lowest BCUT2D eigenvalue weighted by Gasteiger charge is -2.04. The number of rotatable bonds is 4. The number of benzene rings is 2. The molecule has 2 aromatic heterocycles. The molecule has 0 saturated heterocycles. The second-order valence-corrected chi connectivity index (χ2v) is 7.70. The molecule has 0 atom stereocenters. The Morgan fingerprint density at radius 3 is 2.66 bits per heavy atom. The maximum atomic E-state index is 12.6. The summed E-state index contributed by atoms with van der Waals surface area (Å²) >= 11 is 4.44. The molecular weight excluding hydrogens is 458 g/mol. The number of hydrogen-bond donors (Lipinski definition) is 2. The predicted molar refractivity (Wildman–Crippen MR) is 111 cm³/mol. The van der Waals surface area contributed by atoms with Crippen molar-refractivity contribution in [3.05, 3.63) is 69.3 Å². The second kappa shape index (κ2) is 7.50. The number of thiophene rings is 1. The van der Waals surface area contributed by atoms with Crippen LogP contribution in [0.1, 0.15) is 26.6 Å². The van der Waals surface area contributed by atoms with Crippen LogP contribution in [0.25, 0.3) is 22.2 Å². The quantitative estimate of drug-likeness (QED) is 0.429. The van der Waals surface area contributed by atoms with Crippen molar-refractivity contribution in [2.45, 2.75) is 0 Å². The molecule has 9 heteroatoms. The van der Waals surface area contributed by atoms with Crippen molar-refractivity contribution in [1.82, 2.24) is 4.98 Å². The average molecular weight is 468 g/mol. The minimum atomic E-state index is -1.16. The summed E-state index contributed by atoms with van der Waals surface area (Å²) in [6.45, 7) is 0. The fourth-order valence-electron chi connectivity index (χ4n) is 2.79. The van der Waals surface area contributed by atoms with Gasteiger partial charge in [0, 0.05) is 15.4 Å². The van der Waals surface area contributed by atoms with Crippen molar-refractivity contribution in [1.29, 1.82) is 5.26 Å². The molecule has 0 fully saturated rings. The van der Waals surface area contributed by atoms with Crippen molar-refractivity contribution >= 4 is 55.2 Å². The van der Waals surface area contributed by atoms with E-state index in [9.17, 15) is 14.7 Å². The van der Waals surface area contributed by atoms with Gasteiger partial charge in [-0.2, -0.15) is 5.26 Å². The molecule has 4 rings (SSSR count). The van der Waals surface area contributed by atoms with Crippen molar-refractivity contribution in [3.63, 3.8) is 0 Å². The molecule has 2 N–H and O–H groups in total. The van der Waals surface area contributed by atoms with Gasteiger partial charge in [-0.05, 0) is 29.8 Å². The highest BCUT2D eigenvalue weighted by molar-refractivity contribution is 9.10. The van der Waals surface area contributed by atoms with E-state index in [-0.39, 0.29) is 27.6 Å². The number of para-hydroxylation sites is 1. The van der Waals surface area contributed by atoms with Crippen LogP contribution in [0.15, 0.2) is 56.7 Å². The largest absolute Gasteiger partial charge is 0.478 e. The number of anilines is 1. The number of carbonyl (C=O) groups is 2. The van der Waals surface area contributed by atoms with Crippen LogP contribution in [0.3, 0.4) is 0 Å². The minimum Gasteiger partial charge on any atom is -0.478 e. The fraction of sp³-hybridized carbons (Fsp3) is 0. The zero-order chi connectivity index (χ0) is 20.5. The molecule has 0 aliphatic carbocycles. The third kappa shape index (κ3) is 3.51. The van der Waals surface area contributed by atoms with Gasteiger partial charge >= 0.3 is 11.9 Å². The van der Waals surface area contributed by atoms with E-state index >= 15 is 0 Å². The van der Waals surface area contributed by atoms with Crippen LogP contribution in [0.2, 0.25) is 0 Å². The molecule has 0 bridgehead atoms. The summed E-state index contributed by atoms with van der Waals surface area (Å²) in [6, 6.07) is 14.0. The number of amides is 1. The molecule has 4 aromatic rings. The highest BCUT2D eigenvalue weighted by Gasteiger charge is 2.23. The van der Waals surface area contributed by atoms with E-state index < -0.39 is 11.9 Å². The summed E-state index contributed by atoms with van der Waals surface area (Å²) in [5.41, 5.74) is 2.03. The number of carboxylic acids is 1. The molecule has 7 nitrogen and oxygen atoms in total. The monoisotopic (exact) mass is 467 g/mol. The molecule has 0 radical (unpaired) electrons. The number of aromatic nitrogens is 1. The first-order valence-corrected chi connectivity index (χ1v) is 9.87. The summed E-state index contributed by atoms with van der Waals surface area (Å²) in [5, 5.41) is 23.2. The van der Waals surface area contributed by atoms with E-state index in [0.29, 0.717) is 16.6 Å². The van der Waals surface area contributed by atoms with Gasteiger partial charge in [-0.15, -0.1) is 11.3 Å². The van der Waals surface area contributed by atoms with Crippen molar-refractivity contribution in [2.75, 3.05) is 5.32 Å². The second-order valence-electron chi connectivity index (χ2n) is 5.90. The van der Waals surface area contributed by atoms with Crippen LogP contribution in [-0.4, -0.2) is 22.0 Å².